The van der Waals surface area contributed by atoms with Crippen molar-refractivity contribution in [3.63, 3.8) is 0 Å². The van der Waals surface area contributed by atoms with E-state index in [1.54, 1.807) is 0 Å². The molecule has 26 heavy (non-hydrogen) atoms. The highest BCUT2D eigenvalue weighted by Gasteiger charge is 2.29. The second kappa shape index (κ2) is 7.07. The van der Waals surface area contributed by atoms with Crippen molar-refractivity contribution < 1.29 is 14.3 Å². The minimum absolute atomic E-state index is 0.0965. The van der Waals surface area contributed by atoms with Gasteiger partial charge in [0.05, 0.1) is 11.0 Å². The van der Waals surface area contributed by atoms with E-state index in [1.165, 1.54) is 0 Å². The summed E-state index contributed by atoms with van der Waals surface area (Å²) in [6, 6.07) is 5.73. The molecule has 1 aliphatic heterocycles. The maximum absolute atomic E-state index is 12.2. The summed E-state index contributed by atoms with van der Waals surface area (Å²) in [7, 11) is 1.97. The molecule has 0 radical (unpaired) electrons. The van der Waals surface area contributed by atoms with Crippen LogP contribution in [0.3, 0.4) is 0 Å². The van der Waals surface area contributed by atoms with Gasteiger partial charge in [0.25, 0.3) is 5.91 Å². The van der Waals surface area contributed by atoms with Gasteiger partial charge in [0.1, 0.15) is 11.9 Å². The Morgan fingerprint density at radius 3 is 2.85 bits per heavy atom. The van der Waals surface area contributed by atoms with Crippen molar-refractivity contribution >= 4 is 28.5 Å². The maximum Gasteiger partial charge on any atom is 0.253 e. The maximum atomic E-state index is 12.2. The van der Waals surface area contributed by atoms with Crippen LogP contribution in [0.4, 0.5) is 5.69 Å². The molecule has 2 aromatic rings. The van der Waals surface area contributed by atoms with E-state index in [-0.39, 0.29) is 23.8 Å². The molecule has 0 spiro atoms. The number of carbonyl (C=O) groups excluding carboxylic acids is 2. The van der Waals surface area contributed by atoms with Crippen molar-refractivity contribution in [1.29, 1.82) is 0 Å². The second-order valence-electron chi connectivity index (χ2n) is 7.10. The molecule has 4 rings (SSSR count). The molecular weight excluding hydrogens is 332 g/mol. The first-order valence-corrected chi connectivity index (χ1v) is 9.27. The van der Waals surface area contributed by atoms with E-state index in [2.05, 4.69) is 15.6 Å². The van der Waals surface area contributed by atoms with Crippen LogP contribution in [0.15, 0.2) is 18.2 Å². The van der Waals surface area contributed by atoms with Gasteiger partial charge < -0.3 is 19.9 Å². The van der Waals surface area contributed by atoms with Crippen molar-refractivity contribution in [3.8, 4) is 0 Å². The molecule has 7 nitrogen and oxygen atoms in total. The Kier molecular flexibility index (Phi) is 4.63. The normalized spacial score (nSPS) is 19.7. The van der Waals surface area contributed by atoms with Gasteiger partial charge >= 0.3 is 0 Å². The lowest BCUT2D eigenvalue weighted by Gasteiger charge is -2.10. The number of hydrogen-bond donors (Lipinski definition) is 2. The summed E-state index contributed by atoms with van der Waals surface area (Å²) in [6.07, 6.45) is 4.06. The molecule has 2 N–H and O–H groups in total. The molecule has 2 amide bonds. The number of carbonyl (C=O) groups is 2. The Morgan fingerprint density at radius 2 is 2.12 bits per heavy atom. The molecule has 2 fully saturated rings. The fraction of sp³-hybridized carbons (Fsp3) is 0.526. The van der Waals surface area contributed by atoms with E-state index in [0.29, 0.717) is 19.6 Å². The van der Waals surface area contributed by atoms with Crippen LogP contribution >= 0.6 is 0 Å². The number of fused-ring (bicyclic) bond motifs is 1. The molecule has 1 saturated carbocycles. The Balaban J connectivity index is 1.42. The summed E-state index contributed by atoms with van der Waals surface area (Å²) < 4.78 is 7.45. The van der Waals surface area contributed by atoms with Crippen LogP contribution in [-0.4, -0.2) is 40.6 Å². The van der Waals surface area contributed by atoms with E-state index in [4.69, 9.17) is 4.74 Å². The van der Waals surface area contributed by atoms with Crippen LogP contribution < -0.4 is 10.6 Å². The van der Waals surface area contributed by atoms with Crippen LogP contribution in [0.25, 0.3) is 11.0 Å². The Morgan fingerprint density at radius 1 is 1.27 bits per heavy atom. The number of anilines is 1. The topological polar surface area (TPSA) is 85.3 Å². The summed E-state index contributed by atoms with van der Waals surface area (Å²) in [4.78, 5) is 28.6. The number of nitrogens with zero attached hydrogens (tertiary/aromatic N) is 2. The van der Waals surface area contributed by atoms with E-state index in [0.717, 1.165) is 48.2 Å². The predicted molar refractivity (Wildman–Crippen MR) is 97.8 cm³/mol. The second-order valence-corrected chi connectivity index (χ2v) is 7.10. The molecule has 1 aromatic carbocycles. The first kappa shape index (κ1) is 17.0. The minimum Gasteiger partial charge on any atom is -0.368 e. The zero-order chi connectivity index (χ0) is 18.1. The van der Waals surface area contributed by atoms with Crippen molar-refractivity contribution in [3.05, 3.63) is 24.0 Å². The fourth-order valence-corrected chi connectivity index (χ4v) is 3.35. The van der Waals surface area contributed by atoms with E-state index >= 15 is 0 Å². The number of aryl methyl sites for hydroxylation is 1. The SMILES string of the molecule is Cn1c(CCNC(=O)C2CC2)nc2cc(NC(=O)[C@H]3CCCO3)ccc21. The Bertz CT molecular complexity index is 835. The summed E-state index contributed by atoms with van der Waals surface area (Å²) in [5, 5.41) is 5.88. The summed E-state index contributed by atoms with van der Waals surface area (Å²) >= 11 is 0. The van der Waals surface area contributed by atoms with Crippen molar-refractivity contribution in [2.45, 2.75) is 38.2 Å². The quantitative estimate of drug-likeness (QED) is 0.826. The Hall–Kier alpha value is -2.41. The van der Waals surface area contributed by atoms with Crippen molar-refractivity contribution in [1.82, 2.24) is 14.9 Å². The molecule has 1 aliphatic carbocycles. The minimum atomic E-state index is -0.347. The lowest BCUT2D eigenvalue weighted by Crippen LogP contribution is -2.27. The number of amides is 2. The average molecular weight is 356 g/mol. The van der Waals surface area contributed by atoms with Crippen LogP contribution in [-0.2, 0) is 27.8 Å². The molecule has 2 heterocycles. The third-order valence-electron chi connectivity index (χ3n) is 5.06. The monoisotopic (exact) mass is 356 g/mol. The first-order chi connectivity index (χ1) is 12.6. The summed E-state index contributed by atoms with van der Waals surface area (Å²) in [5.41, 5.74) is 2.56. The number of aromatic nitrogens is 2. The average Bonchev–Trinajstić information content (AvgIpc) is 3.25. The highest BCUT2D eigenvalue weighted by atomic mass is 16.5. The van der Waals surface area contributed by atoms with Gasteiger partial charge in [-0.1, -0.05) is 0 Å². The molecule has 1 saturated heterocycles. The van der Waals surface area contributed by atoms with E-state index in [1.807, 2.05) is 29.8 Å². The molecule has 1 atom stereocenters. The van der Waals surface area contributed by atoms with Crippen molar-refractivity contribution in [2.75, 3.05) is 18.5 Å². The molecule has 0 bridgehead atoms. The number of hydrogen-bond acceptors (Lipinski definition) is 4. The number of ether oxygens (including phenoxy) is 1. The zero-order valence-electron chi connectivity index (χ0n) is 15.0. The van der Waals surface area contributed by atoms with E-state index in [9.17, 15) is 9.59 Å². The van der Waals surface area contributed by atoms with Crippen LogP contribution in [0.5, 0.6) is 0 Å². The van der Waals surface area contributed by atoms with Crippen LogP contribution in [0, 0.1) is 5.92 Å². The van der Waals surface area contributed by atoms with Gasteiger partial charge in [0.2, 0.25) is 5.91 Å². The van der Waals surface area contributed by atoms with Gasteiger partial charge in [0, 0.05) is 38.2 Å². The highest BCUT2D eigenvalue weighted by Crippen LogP contribution is 2.28. The largest absolute Gasteiger partial charge is 0.368 e. The van der Waals surface area contributed by atoms with Gasteiger partial charge in [-0.05, 0) is 43.9 Å². The fourth-order valence-electron chi connectivity index (χ4n) is 3.35. The zero-order valence-corrected chi connectivity index (χ0v) is 15.0. The molecular formula is C19H24N4O3. The van der Waals surface area contributed by atoms with Gasteiger partial charge in [0.15, 0.2) is 0 Å². The molecule has 0 unspecified atom stereocenters. The van der Waals surface area contributed by atoms with Crippen LogP contribution in [0.1, 0.15) is 31.5 Å². The van der Waals surface area contributed by atoms with Gasteiger partial charge in [-0.15, -0.1) is 0 Å². The molecule has 1 aromatic heterocycles. The number of imidazole rings is 1. The van der Waals surface area contributed by atoms with Gasteiger partial charge in [-0.2, -0.15) is 0 Å². The Labute approximate surface area is 152 Å². The lowest BCUT2D eigenvalue weighted by molar-refractivity contribution is -0.124. The number of benzene rings is 1. The highest BCUT2D eigenvalue weighted by molar-refractivity contribution is 5.96. The number of nitrogens with one attached hydrogen (secondary N) is 2. The van der Waals surface area contributed by atoms with Crippen molar-refractivity contribution in [2.24, 2.45) is 13.0 Å². The molecule has 7 heteroatoms. The predicted octanol–water partition coefficient (Wildman–Crippen LogP) is 1.76. The summed E-state index contributed by atoms with van der Waals surface area (Å²) in [5.74, 6) is 1.20. The van der Waals surface area contributed by atoms with Gasteiger partial charge in [-0.3, -0.25) is 9.59 Å². The van der Waals surface area contributed by atoms with Gasteiger partial charge in [-0.25, -0.2) is 4.98 Å². The smallest absolute Gasteiger partial charge is 0.253 e. The molecule has 2 aliphatic rings. The third-order valence-corrected chi connectivity index (χ3v) is 5.06. The number of rotatable bonds is 6. The molecule has 138 valence electrons. The standard InChI is InChI=1S/C19H24N4O3/c1-23-15-7-6-13(21-19(25)16-3-2-10-26-16)11-14(15)22-17(23)8-9-20-18(24)12-4-5-12/h6-7,11-12,16H,2-5,8-10H2,1H3,(H,20,24)(H,21,25)/t16-/m1/s1. The van der Waals surface area contributed by atoms with E-state index < -0.39 is 0 Å². The third kappa shape index (κ3) is 3.58. The van der Waals surface area contributed by atoms with Crippen LogP contribution in [0.2, 0.25) is 0 Å². The summed E-state index contributed by atoms with van der Waals surface area (Å²) in [6.45, 7) is 1.24. The first-order valence-electron chi connectivity index (χ1n) is 9.27. The lowest BCUT2D eigenvalue weighted by atomic mass is 10.2.